The van der Waals surface area contributed by atoms with Crippen molar-refractivity contribution in [3.05, 3.63) is 44.7 Å². The molecule has 0 saturated carbocycles. The third-order valence-corrected chi connectivity index (χ3v) is 7.00. The molecule has 0 aliphatic heterocycles. The first-order valence-corrected chi connectivity index (χ1v) is 11.1. The van der Waals surface area contributed by atoms with Crippen LogP contribution in [0.25, 0.3) is 0 Å². The van der Waals surface area contributed by atoms with Gasteiger partial charge in [0.2, 0.25) is 5.91 Å². The molecule has 2 aromatic rings. The van der Waals surface area contributed by atoms with E-state index in [0.717, 1.165) is 40.6 Å². The highest BCUT2D eigenvalue weighted by Crippen LogP contribution is 2.38. The number of ether oxygens (including phenoxy) is 1. The minimum Gasteiger partial charge on any atom is -0.465 e. The van der Waals surface area contributed by atoms with Gasteiger partial charge in [0.05, 0.1) is 18.4 Å². The Morgan fingerprint density at radius 1 is 1.19 bits per heavy atom. The summed E-state index contributed by atoms with van der Waals surface area (Å²) in [6.45, 7) is 0. The summed E-state index contributed by atoms with van der Waals surface area (Å²) < 4.78 is 5.98. The number of carbonyl (C=O) groups is 2. The van der Waals surface area contributed by atoms with E-state index in [1.807, 2.05) is 24.3 Å². The van der Waals surface area contributed by atoms with Gasteiger partial charge < -0.3 is 10.1 Å². The topological polar surface area (TPSA) is 55.4 Å². The van der Waals surface area contributed by atoms with Crippen molar-refractivity contribution in [3.8, 4) is 0 Å². The van der Waals surface area contributed by atoms with Crippen molar-refractivity contribution in [3.63, 3.8) is 0 Å². The number of thiophene rings is 1. The van der Waals surface area contributed by atoms with Gasteiger partial charge in [-0.1, -0.05) is 22.4 Å². The highest BCUT2D eigenvalue weighted by molar-refractivity contribution is 9.10. The van der Waals surface area contributed by atoms with Crippen LogP contribution < -0.4 is 5.32 Å². The van der Waals surface area contributed by atoms with Crippen LogP contribution in [0.3, 0.4) is 0 Å². The van der Waals surface area contributed by atoms with Gasteiger partial charge in [-0.05, 0) is 55.5 Å². The van der Waals surface area contributed by atoms with E-state index in [4.69, 9.17) is 4.74 Å². The summed E-state index contributed by atoms with van der Waals surface area (Å²) in [5, 5.41) is 3.56. The van der Waals surface area contributed by atoms with Crippen LogP contribution in [-0.4, -0.2) is 24.7 Å². The number of hydrogen-bond acceptors (Lipinski definition) is 5. The molecule has 26 heavy (non-hydrogen) atoms. The molecule has 1 aliphatic rings. The van der Waals surface area contributed by atoms with Crippen molar-refractivity contribution >= 4 is 55.9 Å². The maximum absolute atomic E-state index is 12.4. The van der Waals surface area contributed by atoms with Crippen LogP contribution in [0.5, 0.6) is 0 Å². The molecular formula is C19H20BrNO3S2. The van der Waals surface area contributed by atoms with Crippen LogP contribution in [0, 0.1) is 0 Å². The number of hydrogen-bond donors (Lipinski definition) is 1. The highest BCUT2D eigenvalue weighted by Gasteiger charge is 2.26. The lowest BCUT2D eigenvalue weighted by molar-refractivity contribution is -0.113. The van der Waals surface area contributed by atoms with Crippen molar-refractivity contribution in [2.45, 2.75) is 37.0 Å². The lowest BCUT2D eigenvalue weighted by atomic mass is 10.1. The molecule has 7 heteroatoms. The van der Waals surface area contributed by atoms with Gasteiger partial charge in [0, 0.05) is 14.2 Å². The molecule has 1 aromatic carbocycles. The lowest BCUT2D eigenvalue weighted by Crippen LogP contribution is -2.16. The zero-order valence-electron chi connectivity index (χ0n) is 14.5. The Balaban J connectivity index is 1.72. The number of aryl methyl sites for hydroxylation is 1. The number of fused-ring (bicyclic) bond motifs is 1. The number of benzene rings is 1. The maximum Gasteiger partial charge on any atom is 0.341 e. The standard InChI is InChI=1S/C19H20BrNO3S2/c1-24-19(23)17-14-5-3-2-4-6-15(14)26-18(17)21-16(22)11-25-13-9-7-12(20)8-10-13/h7-10H,2-6,11H2,1H3,(H,21,22). The summed E-state index contributed by atoms with van der Waals surface area (Å²) in [5.74, 6) is -0.176. The van der Waals surface area contributed by atoms with Crippen LogP contribution in [0.1, 0.15) is 40.1 Å². The van der Waals surface area contributed by atoms with Gasteiger partial charge in [-0.2, -0.15) is 0 Å². The molecule has 1 aliphatic carbocycles. The van der Waals surface area contributed by atoms with Gasteiger partial charge >= 0.3 is 5.97 Å². The minimum atomic E-state index is -0.361. The second-order valence-corrected chi connectivity index (χ2v) is 9.12. The van der Waals surface area contributed by atoms with Crippen LogP contribution in [0.2, 0.25) is 0 Å². The SMILES string of the molecule is COC(=O)c1c(NC(=O)CSc2ccc(Br)cc2)sc2c1CCCCC2. The predicted octanol–water partition coefficient (Wildman–Crippen LogP) is 5.30. The summed E-state index contributed by atoms with van der Waals surface area (Å²) in [5.41, 5.74) is 1.62. The largest absolute Gasteiger partial charge is 0.465 e. The highest BCUT2D eigenvalue weighted by atomic mass is 79.9. The Bertz CT molecular complexity index is 802. The average molecular weight is 454 g/mol. The zero-order valence-corrected chi connectivity index (χ0v) is 17.7. The summed E-state index contributed by atoms with van der Waals surface area (Å²) in [6.07, 6.45) is 5.21. The summed E-state index contributed by atoms with van der Waals surface area (Å²) in [7, 11) is 1.39. The Morgan fingerprint density at radius 3 is 2.65 bits per heavy atom. The van der Waals surface area contributed by atoms with Crippen molar-refractivity contribution in [1.29, 1.82) is 0 Å². The number of carbonyl (C=O) groups excluding carboxylic acids is 2. The smallest absolute Gasteiger partial charge is 0.341 e. The number of thioether (sulfide) groups is 1. The zero-order chi connectivity index (χ0) is 18.5. The number of methoxy groups -OCH3 is 1. The normalized spacial score (nSPS) is 13.6. The monoisotopic (exact) mass is 453 g/mol. The van der Waals surface area contributed by atoms with E-state index in [2.05, 4.69) is 21.2 Å². The average Bonchev–Trinajstić information content (AvgIpc) is 2.81. The van der Waals surface area contributed by atoms with Crippen molar-refractivity contribution < 1.29 is 14.3 Å². The number of esters is 1. The van der Waals surface area contributed by atoms with E-state index in [1.165, 1.54) is 41.5 Å². The Hall–Kier alpha value is -1.31. The fourth-order valence-corrected chi connectivity index (χ4v) is 5.25. The molecule has 138 valence electrons. The first-order chi connectivity index (χ1) is 12.6. The van der Waals surface area contributed by atoms with E-state index in [1.54, 1.807) is 0 Å². The first kappa shape index (κ1) is 19.5. The predicted molar refractivity (Wildman–Crippen MR) is 110 cm³/mol. The van der Waals surface area contributed by atoms with Crippen LogP contribution >= 0.6 is 39.0 Å². The third kappa shape index (κ3) is 4.69. The van der Waals surface area contributed by atoms with Gasteiger partial charge in [0.1, 0.15) is 5.00 Å². The van der Waals surface area contributed by atoms with Crippen molar-refractivity contribution in [1.82, 2.24) is 0 Å². The van der Waals surface area contributed by atoms with Gasteiger partial charge in [0.15, 0.2) is 0 Å². The molecule has 1 aromatic heterocycles. The van der Waals surface area contributed by atoms with E-state index >= 15 is 0 Å². The second kappa shape index (κ2) is 9.06. The van der Waals surface area contributed by atoms with E-state index in [0.29, 0.717) is 16.3 Å². The Labute approximate surface area is 169 Å². The van der Waals surface area contributed by atoms with E-state index in [-0.39, 0.29) is 11.9 Å². The fraction of sp³-hybridized carbons (Fsp3) is 0.368. The summed E-state index contributed by atoms with van der Waals surface area (Å²) >= 11 is 6.39. The number of halogens is 1. The number of amides is 1. The Morgan fingerprint density at radius 2 is 1.92 bits per heavy atom. The molecule has 4 nitrogen and oxygen atoms in total. The van der Waals surface area contributed by atoms with Gasteiger partial charge in [0.25, 0.3) is 0 Å². The molecule has 0 fully saturated rings. The molecule has 1 N–H and O–H groups in total. The Kier molecular flexibility index (Phi) is 6.78. The number of rotatable bonds is 5. The van der Waals surface area contributed by atoms with Crippen molar-refractivity contribution in [2.24, 2.45) is 0 Å². The van der Waals surface area contributed by atoms with Gasteiger partial charge in [-0.15, -0.1) is 23.1 Å². The molecular weight excluding hydrogens is 434 g/mol. The molecule has 0 spiro atoms. The molecule has 1 amide bonds. The molecule has 0 radical (unpaired) electrons. The van der Waals surface area contributed by atoms with Crippen LogP contribution in [-0.2, 0) is 22.4 Å². The molecule has 0 atom stereocenters. The second-order valence-electron chi connectivity index (χ2n) is 6.05. The molecule has 1 heterocycles. The molecule has 0 unspecified atom stereocenters. The summed E-state index contributed by atoms with van der Waals surface area (Å²) in [6, 6.07) is 7.84. The fourth-order valence-electron chi connectivity index (χ4n) is 2.99. The van der Waals surface area contributed by atoms with Crippen LogP contribution in [0.4, 0.5) is 5.00 Å². The maximum atomic E-state index is 12.4. The van der Waals surface area contributed by atoms with Crippen molar-refractivity contribution in [2.75, 3.05) is 18.2 Å². The minimum absolute atomic E-state index is 0.112. The van der Waals surface area contributed by atoms with Gasteiger partial charge in [-0.3, -0.25) is 4.79 Å². The third-order valence-electron chi connectivity index (χ3n) is 4.25. The van der Waals surface area contributed by atoms with Crippen LogP contribution in [0.15, 0.2) is 33.6 Å². The molecule has 0 saturated heterocycles. The molecule has 3 rings (SSSR count). The van der Waals surface area contributed by atoms with Gasteiger partial charge in [-0.25, -0.2) is 4.79 Å². The summed E-state index contributed by atoms with van der Waals surface area (Å²) in [4.78, 5) is 26.9. The first-order valence-electron chi connectivity index (χ1n) is 8.49. The van der Waals surface area contributed by atoms with E-state index < -0.39 is 0 Å². The quantitative estimate of drug-likeness (QED) is 0.379. The number of nitrogens with one attached hydrogen (secondary N) is 1. The lowest BCUT2D eigenvalue weighted by Gasteiger charge is -2.07. The molecule has 0 bridgehead atoms. The van der Waals surface area contributed by atoms with E-state index in [9.17, 15) is 9.59 Å². The number of anilines is 1.